The molecule has 4 aromatic rings. The summed E-state index contributed by atoms with van der Waals surface area (Å²) in [5.41, 5.74) is 3.29. The van der Waals surface area contributed by atoms with Gasteiger partial charge in [0, 0.05) is 34.7 Å². The zero-order valence-corrected chi connectivity index (χ0v) is 21.2. The van der Waals surface area contributed by atoms with Gasteiger partial charge in [0.1, 0.15) is 21.4 Å². The van der Waals surface area contributed by atoms with Gasteiger partial charge < -0.3 is 4.57 Å². The van der Waals surface area contributed by atoms with Gasteiger partial charge in [-0.15, -0.1) is 22.9 Å². The Morgan fingerprint density at radius 1 is 1.12 bits per heavy atom. The van der Waals surface area contributed by atoms with Crippen LogP contribution in [0.25, 0.3) is 27.5 Å². The number of aromatic nitrogens is 3. The molecule has 0 bridgehead atoms. The number of hydrogen-bond donors (Lipinski definition) is 0. The lowest BCUT2D eigenvalue weighted by Gasteiger charge is -2.27. The van der Waals surface area contributed by atoms with Gasteiger partial charge in [-0.05, 0) is 47.9 Å². The van der Waals surface area contributed by atoms with E-state index in [0.717, 1.165) is 21.8 Å². The first-order chi connectivity index (χ1) is 16.3. The average molecular weight is 528 g/mol. The summed E-state index contributed by atoms with van der Waals surface area (Å²) < 4.78 is 25.8. The van der Waals surface area contributed by atoms with Crippen molar-refractivity contribution in [1.29, 1.82) is 0 Å². The molecule has 9 heteroatoms. The predicted octanol–water partition coefficient (Wildman–Crippen LogP) is 6.58. The van der Waals surface area contributed by atoms with Crippen LogP contribution < -0.4 is 0 Å². The molecule has 5 rings (SSSR count). The Kier molecular flexibility index (Phi) is 5.98. The average Bonchev–Trinajstić information content (AvgIpc) is 3.51. The van der Waals surface area contributed by atoms with Gasteiger partial charge in [-0.25, -0.2) is 18.4 Å². The van der Waals surface area contributed by atoms with Crippen molar-refractivity contribution in [3.05, 3.63) is 95.4 Å². The molecular weight excluding hydrogens is 509 g/mol. The smallest absolute Gasteiger partial charge is 0.175 e. The van der Waals surface area contributed by atoms with Crippen LogP contribution in [0.15, 0.2) is 94.5 Å². The molecule has 0 saturated carbocycles. The fourth-order valence-electron chi connectivity index (χ4n) is 3.84. The van der Waals surface area contributed by atoms with Crippen LogP contribution in [0.5, 0.6) is 0 Å². The normalized spacial score (nSPS) is 18.1. The highest BCUT2D eigenvalue weighted by Crippen LogP contribution is 2.45. The number of nitrogens with zero attached hydrogens (tertiary/aromatic N) is 3. The van der Waals surface area contributed by atoms with Gasteiger partial charge in [-0.1, -0.05) is 48.0 Å². The lowest BCUT2D eigenvalue weighted by Crippen LogP contribution is -2.24. The van der Waals surface area contributed by atoms with Crippen LogP contribution in [-0.2, 0) is 14.7 Å². The van der Waals surface area contributed by atoms with Crippen molar-refractivity contribution in [2.45, 2.75) is 16.2 Å². The van der Waals surface area contributed by atoms with Gasteiger partial charge in [0.15, 0.2) is 9.84 Å². The van der Waals surface area contributed by atoms with Crippen LogP contribution in [0, 0.1) is 0 Å². The molecule has 0 radical (unpaired) electrons. The molecule has 0 amide bonds. The van der Waals surface area contributed by atoms with Crippen LogP contribution in [0.1, 0.15) is 12.2 Å². The van der Waals surface area contributed by atoms with Gasteiger partial charge in [0.2, 0.25) is 0 Å². The summed E-state index contributed by atoms with van der Waals surface area (Å²) in [7, 11) is -3.29. The van der Waals surface area contributed by atoms with E-state index >= 15 is 0 Å². The molecule has 2 aromatic carbocycles. The second kappa shape index (κ2) is 8.82. The van der Waals surface area contributed by atoms with Crippen molar-refractivity contribution < 1.29 is 8.42 Å². The summed E-state index contributed by atoms with van der Waals surface area (Å²) in [6.07, 6.45) is 11.0. The summed E-state index contributed by atoms with van der Waals surface area (Å²) in [5.74, 6) is 0.608. The molecule has 0 N–H and O–H groups in total. The number of benzene rings is 2. The highest BCUT2D eigenvalue weighted by molar-refractivity contribution is 7.90. The first-order valence-corrected chi connectivity index (χ1v) is 13.9. The van der Waals surface area contributed by atoms with Crippen molar-refractivity contribution in [3.8, 4) is 27.5 Å². The maximum atomic E-state index is 12.0. The summed E-state index contributed by atoms with van der Waals surface area (Å²) >= 11 is 15.1. The molecule has 5 nitrogen and oxygen atoms in total. The van der Waals surface area contributed by atoms with Crippen LogP contribution >= 0.6 is 34.5 Å². The number of rotatable bonds is 5. The van der Waals surface area contributed by atoms with Gasteiger partial charge in [-0.2, -0.15) is 0 Å². The van der Waals surface area contributed by atoms with Crippen LogP contribution in [0.2, 0.25) is 0 Å². The Balaban J connectivity index is 1.59. The van der Waals surface area contributed by atoms with Crippen LogP contribution in [-0.4, -0.2) is 29.2 Å². The summed E-state index contributed by atoms with van der Waals surface area (Å²) in [4.78, 5) is 8.53. The Morgan fingerprint density at radius 3 is 2.59 bits per heavy atom. The van der Waals surface area contributed by atoms with Crippen LogP contribution in [0.3, 0.4) is 0 Å². The monoisotopic (exact) mass is 527 g/mol. The second-order valence-electron chi connectivity index (χ2n) is 7.95. The number of halogens is 2. The zero-order valence-electron chi connectivity index (χ0n) is 18.0. The lowest BCUT2D eigenvalue weighted by atomic mass is 9.98. The second-order valence-corrected chi connectivity index (χ2v) is 11.9. The molecule has 1 aliphatic carbocycles. The first kappa shape index (κ1) is 23.1. The largest absolute Gasteiger partial charge is 0.301 e. The summed E-state index contributed by atoms with van der Waals surface area (Å²) in [6.45, 7) is 0. The molecule has 2 aromatic heterocycles. The molecule has 0 fully saturated rings. The highest BCUT2D eigenvalue weighted by Gasteiger charge is 2.39. The van der Waals surface area contributed by atoms with E-state index < -0.39 is 14.7 Å². The molecule has 0 spiro atoms. The third-order valence-corrected chi connectivity index (χ3v) is 8.59. The van der Waals surface area contributed by atoms with Gasteiger partial charge in [0.25, 0.3) is 0 Å². The van der Waals surface area contributed by atoms with Crippen molar-refractivity contribution in [2.24, 2.45) is 0 Å². The van der Waals surface area contributed by atoms with E-state index in [-0.39, 0.29) is 4.90 Å². The van der Waals surface area contributed by atoms with E-state index in [1.165, 1.54) is 17.6 Å². The number of hydrogen-bond acceptors (Lipinski definition) is 5. The number of allylic oxidation sites excluding steroid dienone is 4. The molecule has 0 saturated heterocycles. The third-order valence-electron chi connectivity index (χ3n) is 5.61. The predicted molar refractivity (Wildman–Crippen MR) is 138 cm³/mol. The highest BCUT2D eigenvalue weighted by atomic mass is 35.5. The lowest BCUT2D eigenvalue weighted by molar-refractivity contribution is 0.602. The Hall–Kier alpha value is -2.71. The quantitative estimate of drug-likeness (QED) is 0.275. The standard InChI is InChI=1S/C25H19Cl2N3O2S2/c1-34(31,32)20-6-4-5-18(15-20)17-8-10-19(11-9-17)30-16-21(23-28-13-14-33-23)29-24(30)25(27)12-3-2-7-22(25)26/h2-11,13-16H,12H2,1H3. The topological polar surface area (TPSA) is 64.8 Å². The number of imidazole rings is 1. The first-order valence-electron chi connectivity index (χ1n) is 10.4. The Morgan fingerprint density at radius 2 is 1.91 bits per heavy atom. The minimum atomic E-state index is -3.29. The van der Waals surface area contributed by atoms with Crippen LogP contribution in [0.4, 0.5) is 0 Å². The van der Waals surface area contributed by atoms with Crippen molar-refractivity contribution in [2.75, 3.05) is 6.26 Å². The van der Waals surface area contributed by atoms with Gasteiger partial charge in [0.05, 0.1) is 4.90 Å². The Labute approximate surface area is 212 Å². The molecule has 172 valence electrons. The zero-order chi connectivity index (χ0) is 23.9. The van der Waals surface area contributed by atoms with E-state index in [9.17, 15) is 8.42 Å². The summed E-state index contributed by atoms with van der Waals surface area (Å²) in [5, 5.41) is 3.20. The maximum Gasteiger partial charge on any atom is 0.175 e. The van der Waals surface area contributed by atoms with E-state index in [0.29, 0.717) is 23.0 Å². The molecule has 1 unspecified atom stereocenters. The van der Waals surface area contributed by atoms with Gasteiger partial charge in [-0.3, -0.25) is 0 Å². The molecule has 2 heterocycles. The molecule has 34 heavy (non-hydrogen) atoms. The van der Waals surface area contributed by atoms with E-state index in [1.54, 1.807) is 30.5 Å². The summed E-state index contributed by atoms with van der Waals surface area (Å²) in [6, 6.07) is 14.7. The minimum absolute atomic E-state index is 0.287. The molecule has 1 atom stereocenters. The third kappa shape index (κ3) is 4.25. The minimum Gasteiger partial charge on any atom is -0.301 e. The van der Waals surface area contributed by atoms with Gasteiger partial charge >= 0.3 is 0 Å². The van der Waals surface area contributed by atoms with E-state index in [1.807, 2.05) is 58.6 Å². The van der Waals surface area contributed by atoms with E-state index in [2.05, 4.69) is 4.98 Å². The molecule has 1 aliphatic rings. The number of sulfone groups is 1. The Bertz CT molecular complexity index is 1520. The maximum absolute atomic E-state index is 12.0. The SMILES string of the molecule is CS(=O)(=O)c1cccc(-c2ccc(-n3cc(-c4nccs4)nc3C3(Cl)CC=CC=C3Cl)cc2)c1. The van der Waals surface area contributed by atoms with Crippen molar-refractivity contribution in [1.82, 2.24) is 14.5 Å². The van der Waals surface area contributed by atoms with E-state index in [4.69, 9.17) is 28.2 Å². The number of thiazole rings is 1. The van der Waals surface area contributed by atoms with Crippen molar-refractivity contribution in [3.63, 3.8) is 0 Å². The fraction of sp³-hybridized carbons (Fsp3) is 0.120. The molecular formula is C25H19Cl2N3O2S2. The fourth-order valence-corrected chi connectivity index (χ4v) is 5.62. The van der Waals surface area contributed by atoms with Crippen molar-refractivity contribution >= 4 is 44.4 Å². The number of alkyl halides is 1. The molecule has 0 aliphatic heterocycles.